The first kappa shape index (κ1) is 24.7. The summed E-state index contributed by atoms with van der Waals surface area (Å²) in [6.07, 6.45) is -0.560. The van der Waals surface area contributed by atoms with Gasteiger partial charge in [0.2, 0.25) is 0 Å². The second-order valence-corrected chi connectivity index (χ2v) is 11.2. The summed E-state index contributed by atoms with van der Waals surface area (Å²) in [5, 5.41) is 11.0. The number of rotatable bonds is 7. The highest BCUT2D eigenvalue weighted by molar-refractivity contribution is 7.11. The molecule has 0 amide bonds. The number of alkyl halides is 2. The van der Waals surface area contributed by atoms with Crippen LogP contribution in [0.4, 0.5) is 13.2 Å². The Labute approximate surface area is 219 Å². The van der Waals surface area contributed by atoms with Gasteiger partial charge in [0.15, 0.2) is 11.5 Å². The van der Waals surface area contributed by atoms with Crippen LogP contribution in [0.5, 0.6) is 11.5 Å². The van der Waals surface area contributed by atoms with Crippen LogP contribution >= 0.6 is 22.9 Å². The standard InChI is InChI=1S/C26H22ClF3N2O4S/c27-18-10-15(28)2-3-17(18)24(32-8-5-16(33)13-32)21-12-31-23(37-21)11-22(34)25(6-7-25)14-1-4-19-20(9-14)36-26(29,30)35-19/h1-4,9-10,12,16,24,33H,5-8,11,13H2/t16-,24-/m1/s1. The zero-order valence-electron chi connectivity index (χ0n) is 19.4. The van der Waals surface area contributed by atoms with Gasteiger partial charge in [0.1, 0.15) is 16.6 Å². The molecule has 6 nitrogen and oxygen atoms in total. The van der Waals surface area contributed by atoms with E-state index in [-0.39, 0.29) is 34.8 Å². The molecule has 6 rings (SSSR count). The summed E-state index contributed by atoms with van der Waals surface area (Å²) in [5.74, 6) is -0.623. The van der Waals surface area contributed by atoms with Crippen molar-refractivity contribution in [1.29, 1.82) is 0 Å². The smallest absolute Gasteiger partial charge is 0.395 e. The molecule has 0 bridgehead atoms. The van der Waals surface area contributed by atoms with Crippen molar-refractivity contribution in [3.63, 3.8) is 0 Å². The lowest BCUT2D eigenvalue weighted by atomic mass is 9.89. The zero-order valence-corrected chi connectivity index (χ0v) is 21.0. The van der Waals surface area contributed by atoms with E-state index < -0.39 is 23.6 Å². The molecule has 0 spiro atoms. The number of nitrogens with zero attached hydrogens (tertiary/aromatic N) is 2. The van der Waals surface area contributed by atoms with Crippen LogP contribution in [0.1, 0.15) is 46.3 Å². The molecule has 11 heteroatoms. The SMILES string of the molecule is O=C(Cc1ncc([C@@H](c2ccc(F)cc2Cl)N2CC[C@@H](O)C2)s1)C1(c2ccc3c(c2)OC(F)(F)O3)CC1. The molecular formula is C26H22ClF3N2O4S. The van der Waals surface area contributed by atoms with Crippen LogP contribution in [0.3, 0.4) is 0 Å². The van der Waals surface area contributed by atoms with Gasteiger partial charge >= 0.3 is 6.29 Å². The van der Waals surface area contributed by atoms with Gasteiger partial charge in [0.25, 0.3) is 0 Å². The van der Waals surface area contributed by atoms with Crippen molar-refractivity contribution >= 4 is 28.7 Å². The van der Waals surface area contributed by atoms with Crippen molar-refractivity contribution in [2.24, 2.45) is 0 Å². The quantitative estimate of drug-likeness (QED) is 0.433. The predicted molar refractivity (Wildman–Crippen MR) is 130 cm³/mol. The van der Waals surface area contributed by atoms with Crippen molar-refractivity contribution in [2.75, 3.05) is 13.1 Å². The number of carbonyl (C=O) groups is 1. The number of benzene rings is 2. The summed E-state index contributed by atoms with van der Waals surface area (Å²) in [4.78, 5) is 20.8. The predicted octanol–water partition coefficient (Wildman–Crippen LogP) is 5.26. The molecule has 1 N–H and O–H groups in total. The summed E-state index contributed by atoms with van der Waals surface area (Å²) >= 11 is 7.78. The van der Waals surface area contributed by atoms with Gasteiger partial charge in [-0.25, -0.2) is 9.37 Å². The fourth-order valence-corrected chi connectivity index (χ4v) is 6.54. The minimum atomic E-state index is -3.71. The van der Waals surface area contributed by atoms with E-state index in [9.17, 15) is 23.1 Å². The van der Waals surface area contributed by atoms with E-state index in [0.717, 1.165) is 4.88 Å². The van der Waals surface area contributed by atoms with Crippen LogP contribution < -0.4 is 9.47 Å². The van der Waals surface area contributed by atoms with Gasteiger partial charge in [0, 0.05) is 29.2 Å². The molecule has 0 unspecified atom stereocenters. The number of β-amino-alcohol motifs (C(OH)–C–C–N with tert-alkyl or cyclic N) is 1. The number of thiazole rings is 1. The number of ether oxygens (including phenoxy) is 2. The second kappa shape index (κ2) is 8.97. The van der Waals surface area contributed by atoms with E-state index in [0.29, 0.717) is 48.5 Å². The van der Waals surface area contributed by atoms with Crippen molar-refractivity contribution < 1.29 is 32.5 Å². The third-order valence-corrected chi connectivity index (χ3v) is 8.58. The van der Waals surface area contributed by atoms with Gasteiger partial charge in [-0.15, -0.1) is 20.1 Å². The third kappa shape index (κ3) is 4.60. The van der Waals surface area contributed by atoms with Crippen molar-refractivity contribution in [3.8, 4) is 11.5 Å². The van der Waals surface area contributed by atoms with Gasteiger partial charge in [-0.1, -0.05) is 23.7 Å². The summed E-state index contributed by atoms with van der Waals surface area (Å²) in [6, 6.07) is 8.41. The maximum absolute atomic E-state index is 13.7. The fourth-order valence-electron chi connectivity index (χ4n) is 5.20. The minimum Gasteiger partial charge on any atom is -0.395 e. The average molecular weight is 551 g/mol. The molecule has 37 heavy (non-hydrogen) atoms. The molecule has 3 aromatic rings. The van der Waals surface area contributed by atoms with Gasteiger partial charge in [-0.3, -0.25) is 9.69 Å². The fraction of sp³-hybridized carbons (Fsp3) is 0.385. The van der Waals surface area contributed by atoms with E-state index in [1.807, 2.05) is 0 Å². The highest BCUT2D eigenvalue weighted by Crippen LogP contribution is 2.53. The minimum absolute atomic E-state index is 0.0491. The van der Waals surface area contributed by atoms with Gasteiger partial charge < -0.3 is 14.6 Å². The first-order chi connectivity index (χ1) is 17.6. The molecule has 1 saturated carbocycles. The highest BCUT2D eigenvalue weighted by Gasteiger charge is 2.52. The molecule has 3 aliphatic rings. The number of aliphatic hydroxyl groups is 1. The first-order valence-electron chi connectivity index (χ1n) is 11.9. The lowest BCUT2D eigenvalue weighted by Gasteiger charge is -2.27. The molecule has 1 saturated heterocycles. The Balaban J connectivity index is 1.24. The Bertz CT molecular complexity index is 1380. The lowest BCUT2D eigenvalue weighted by Crippen LogP contribution is -2.28. The molecular weight excluding hydrogens is 529 g/mol. The Morgan fingerprint density at radius 3 is 2.70 bits per heavy atom. The van der Waals surface area contributed by atoms with Gasteiger partial charge in [-0.2, -0.15) is 0 Å². The van der Waals surface area contributed by atoms with E-state index >= 15 is 0 Å². The van der Waals surface area contributed by atoms with Gasteiger partial charge in [-0.05, 0) is 54.7 Å². The van der Waals surface area contributed by atoms with Crippen LogP contribution in [-0.4, -0.2) is 46.3 Å². The molecule has 3 heterocycles. The van der Waals surface area contributed by atoms with Crippen molar-refractivity contribution in [1.82, 2.24) is 9.88 Å². The monoisotopic (exact) mass is 550 g/mol. The van der Waals surface area contributed by atoms with Crippen molar-refractivity contribution in [3.05, 3.63) is 74.4 Å². The number of hydrogen-bond acceptors (Lipinski definition) is 7. The number of hydrogen-bond donors (Lipinski definition) is 1. The van der Waals surface area contributed by atoms with Crippen LogP contribution in [0.25, 0.3) is 0 Å². The molecule has 2 fully saturated rings. The van der Waals surface area contributed by atoms with E-state index in [1.54, 1.807) is 18.3 Å². The number of fused-ring (bicyclic) bond motifs is 1. The van der Waals surface area contributed by atoms with Crippen molar-refractivity contribution in [2.45, 2.75) is 49.5 Å². The van der Waals surface area contributed by atoms with Crippen LogP contribution in [0.15, 0.2) is 42.6 Å². The number of halogens is 4. The summed E-state index contributed by atoms with van der Waals surface area (Å²) in [5.41, 5.74) is 0.562. The van der Waals surface area contributed by atoms with Crippen LogP contribution in [-0.2, 0) is 16.6 Å². The average Bonchev–Trinajstić information content (AvgIpc) is 3.16. The van der Waals surface area contributed by atoms with Crippen LogP contribution in [0, 0.1) is 5.82 Å². The lowest BCUT2D eigenvalue weighted by molar-refractivity contribution is -0.286. The second-order valence-electron chi connectivity index (χ2n) is 9.67. The molecule has 2 aliphatic heterocycles. The first-order valence-corrected chi connectivity index (χ1v) is 13.1. The van der Waals surface area contributed by atoms with Crippen LogP contribution in [0.2, 0.25) is 5.02 Å². The van der Waals surface area contributed by atoms with Gasteiger partial charge in [0.05, 0.1) is 24.0 Å². The number of Topliss-reactive ketones (excluding diaryl/α,β-unsaturated/α-hetero) is 1. The Morgan fingerprint density at radius 1 is 1.22 bits per heavy atom. The number of ketones is 1. The Hall–Kier alpha value is -2.66. The number of aromatic nitrogens is 1. The summed E-state index contributed by atoms with van der Waals surface area (Å²) in [6.45, 7) is 1.08. The third-order valence-electron chi connectivity index (χ3n) is 7.21. The molecule has 2 atom stereocenters. The molecule has 1 aromatic heterocycles. The number of likely N-dealkylation sites (tertiary alicyclic amines) is 1. The summed E-state index contributed by atoms with van der Waals surface area (Å²) < 4.78 is 49.6. The Morgan fingerprint density at radius 2 is 2.00 bits per heavy atom. The number of carbonyl (C=O) groups excluding carboxylic acids is 1. The zero-order chi connectivity index (χ0) is 25.9. The maximum atomic E-state index is 13.7. The molecule has 1 aliphatic carbocycles. The number of aliphatic hydroxyl groups excluding tert-OH is 1. The molecule has 194 valence electrons. The molecule has 0 radical (unpaired) electrons. The maximum Gasteiger partial charge on any atom is 0.586 e. The normalized spacial score (nSPS) is 22.2. The molecule has 2 aromatic carbocycles. The largest absolute Gasteiger partial charge is 0.586 e. The highest BCUT2D eigenvalue weighted by atomic mass is 35.5. The van der Waals surface area contributed by atoms with E-state index in [1.165, 1.54) is 35.6 Å². The van der Waals surface area contributed by atoms with E-state index in [4.69, 9.17) is 11.6 Å². The topological polar surface area (TPSA) is 71.9 Å². The summed E-state index contributed by atoms with van der Waals surface area (Å²) in [7, 11) is 0. The Kier molecular flexibility index (Phi) is 5.98. The van der Waals surface area contributed by atoms with E-state index in [2.05, 4.69) is 19.4 Å².